The number of fused-ring (bicyclic) bond motifs is 1. The summed E-state index contributed by atoms with van der Waals surface area (Å²) in [6.07, 6.45) is -0.622. The lowest BCUT2D eigenvalue weighted by molar-refractivity contribution is 0.100. The number of carbonyl (C=O) groups is 1. The van der Waals surface area contributed by atoms with Crippen molar-refractivity contribution in [3.8, 4) is 11.4 Å². The van der Waals surface area contributed by atoms with Crippen molar-refractivity contribution >= 4 is 28.3 Å². The maximum absolute atomic E-state index is 11.3. The van der Waals surface area contributed by atoms with Crippen LogP contribution < -0.4 is 5.73 Å². The fraction of sp³-hybridized carbons (Fsp3) is 0.0526. The van der Waals surface area contributed by atoms with Gasteiger partial charge in [-0.05, 0) is 35.2 Å². The number of aromatic amines is 1. The van der Waals surface area contributed by atoms with Crippen LogP contribution >= 0.6 is 11.3 Å². The fourth-order valence-electron chi connectivity index (χ4n) is 2.73. The summed E-state index contributed by atoms with van der Waals surface area (Å²) in [6, 6.07) is 16.6. The minimum Gasteiger partial charge on any atom is -0.383 e. The van der Waals surface area contributed by atoms with Gasteiger partial charge in [0, 0.05) is 16.0 Å². The molecule has 0 saturated carbocycles. The predicted molar refractivity (Wildman–Crippen MR) is 98.4 cm³/mol. The molecule has 0 bridgehead atoms. The topological polar surface area (TPSA) is 92.0 Å². The summed E-state index contributed by atoms with van der Waals surface area (Å²) in [5.41, 5.74) is 9.01. The van der Waals surface area contributed by atoms with E-state index in [1.807, 2.05) is 41.8 Å². The molecule has 124 valence electrons. The first-order valence-electron chi connectivity index (χ1n) is 7.73. The number of nitrogens with two attached hydrogens (primary N) is 1. The zero-order chi connectivity index (χ0) is 17.4. The van der Waals surface area contributed by atoms with Gasteiger partial charge >= 0.3 is 0 Å². The molecule has 0 radical (unpaired) electrons. The number of hydrogen-bond donors (Lipinski definition) is 3. The minimum atomic E-state index is -0.622. The Hall–Kier alpha value is -2.96. The number of aliphatic hydroxyl groups excluding tert-OH is 1. The summed E-state index contributed by atoms with van der Waals surface area (Å²) in [6.45, 7) is 0. The smallest absolute Gasteiger partial charge is 0.248 e. The first kappa shape index (κ1) is 15.6. The summed E-state index contributed by atoms with van der Waals surface area (Å²) in [5, 5.41) is 12.3. The number of benzene rings is 2. The molecule has 1 unspecified atom stereocenters. The summed E-state index contributed by atoms with van der Waals surface area (Å²) >= 11 is 1.53. The summed E-state index contributed by atoms with van der Waals surface area (Å²) in [5.74, 6) is 0.235. The Balaban J connectivity index is 1.65. The summed E-state index contributed by atoms with van der Waals surface area (Å²) < 4.78 is 0. The van der Waals surface area contributed by atoms with Gasteiger partial charge in [0.2, 0.25) is 5.91 Å². The number of imidazole rings is 1. The van der Waals surface area contributed by atoms with Crippen LogP contribution in [0.1, 0.15) is 26.9 Å². The van der Waals surface area contributed by atoms with Crippen molar-refractivity contribution in [2.45, 2.75) is 6.10 Å². The molecule has 0 aliphatic carbocycles. The molecule has 6 heteroatoms. The zero-order valence-corrected chi connectivity index (χ0v) is 14.0. The Bertz CT molecular complexity index is 1040. The van der Waals surface area contributed by atoms with E-state index in [1.165, 1.54) is 11.3 Å². The Morgan fingerprint density at radius 3 is 2.64 bits per heavy atom. The number of thiophene rings is 1. The van der Waals surface area contributed by atoms with Gasteiger partial charge in [0.25, 0.3) is 0 Å². The van der Waals surface area contributed by atoms with Crippen LogP contribution in [0.3, 0.4) is 0 Å². The summed E-state index contributed by atoms with van der Waals surface area (Å²) in [4.78, 5) is 19.9. The second-order valence-electron chi connectivity index (χ2n) is 5.72. The summed E-state index contributed by atoms with van der Waals surface area (Å²) in [7, 11) is 0. The van der Waals surface area contributed by atoms with Gasteiger partial charge in [-0.15, -0.1) is 11.3 Å². The third-order valence-corrected chi connectivity index (χ3v) is 5.00. The molecule has 25 heavy (non-hydrogen) atoms. The van der Waals surface area contributed by atoms with E-state index in [-0.39, 0.29) is 0 Å². The van der Waals surface area contributed by atoms with Gasteiger partial charge in [0.15, 0.2) is 0 Å². The first-order valence-corrected chi connectivity index (χ1v) is 8.61. The van der Waals surface area contributed by atoms with E-state index in [1.54, 1.807) is 18.2 Å². The Morgan fingerprint density at radius 2 is 1.96 bits per heavy atom. The minimum absolute atomic E-state index is 0.442. The lowest BCUT2D eigenvalue weighted by Crippen LogP contribution is -2.10. The SMILES string of the molecule is NC(=O)c1ccc2nc(-c3ccc(C(O)c4cccs4)cc3)[nH]c2c1. The number of primary amides is 1. The van der Waals surface area contributed by atoms with Gasteiger partial charge < -0.3 is 15.8 Å². The molecule has 1 amide bonds. The normalized spacial score (nSPS) is 12.4. The maximum Gasteiger partial charge on any atom is 0.248 e. The molecule has 0 spiro atoms. The van der Waals surface area contributed by atoms with Crippen molar-refractivity contribution in [3.63, 3.8) is 0 Å². The predicted octanol–water partition coefficient (Wildman–Crippen LogP) is 3.47. The lowest BCUT2D eigenvalue weighted by Gasteiger charge is -2.09. The first-order chi connectivity index (χ1) is 12.1. The van der Waals surface area contributed by atoms with Crippen molar-refractivity contribution in [1.82, 2.24) is 9.97 Å². The highest BCUT2D eigenvalue weighted by Gasteiger charge is 2.12. The van der Waals surface area contributed by atoms with Crippen molar-refractivity contribution in [1.29, 1.82) is 0 Å². The van der Waals surface area contributed by atoms with Crippen LogP contribution in [0.2, 0.25) is 0 Å². The molecule has 0 fully saturated rings. The van der Waals surface area contributed by atoms with Crippen molar-refractivity contribution in [3.05, 3.63) is 76.0 Å². The van der Waals surface area contributed by atoms with Crippen LogP contribution in [0.5, 0.6) is 0 Å². The number of nitrogens with zero attached hydrogens (tertiary/aromatic N) is 1. The zero-order valence-electron chi connectivity index (χ0n) is 13.1. The molecule has 2 aromatic heterocycles. The lowest BCUT2D eigenvalue weighted by atomic mass is 10.1. The van der Waals surface area contributed by atoms with E-state index in [9.17, 15) is 9.90 Å². The number of hydrogen-bond acceptors (Lipinski definition) is 4. The molecule has 4 aromatic rings. The molecule has 0 aliphatic rings. The Morgan fingerprint density at radius 1 is 1.16 bits per heavy atom. The van der Waals surface area contributed by atoms with E-state index in [0.717, 1.165) is 27.0 Å². The van der Waals surface area contributed by atoms with Crippen molar-refractivity contribution in [2.24, 2.45) is 5.73 Å². The van der Waals surface area contributed by atoms with Crippen molar-refractivity contribution < 1.29 is 9.90 Å². The number of nitrogens with one attached hydrogen (secondary N) is 1. The number of aliphatic hydroxyl groups is 1. The number of H-pyrrole nitrogens is 1. The van der Waals surface area contributed by atoms with Gasteiger partial charge in [0.1, 0.15) is 11.9 Å². The van der Waals surface area contributed by atoms with Crippen LogP contribution in [-0.4, -0.2) is 21.0 Å². The van der Waals surface area contributed by atoms with Gasteiger partial charge in [-0.25, -0.2) is 4.98 Å². The molecule has 0 aliphatic heterocycles. The number of carbonyl (C=O) groups excluding carboxylic acids is 1. The monoisotopic (exact) mass is 349 g/mol. The van der Waals surface area contributed by atoms with Crippen LogP contribution in [0, 0.1) is 0 Å². The molecule has 4 rings (SSSR count). The third-order valence-electron chi connectivity index (χ3n) is 4.08. The van der Waals surface area contributed by atoms with E-state index in [2.05, 4.69) is 9.97 Å². The number of amides is 1. The van der Waals surface area contributed by atoms with Crippen LogP contribution in [0.15, 0.2) is 60.0 Å². The van der Waals surface area contributed by atoms with Crippen LogP contribution in [0.4, 0.5) is 0 Å². The second kappa shape index (κ2) is 6.16. The van der Waals surface area contributed by atoms with E-state index in [4.69, 9.17) is 5.73 Å². The quantitative estimate of drug-likeness (QED) is 0.527. The van der Waals surface area contributed by atoms with E-state index in [0.29, 0.717) is 11.4 Å². The largest absolute Gasteiger partial charge is 0.383 e. The number of aromatic nitrogens is 2. The molecule has 2 heterocycles. The Kier molecular flexibility index (Phi) is 3.83. The molecule has 4 N–H and O–H groups in total. The van der Waals surface area contributed by atoms with Gasteiger partial charge in [-0.2, -0.15) is 0 Å². The Labute approximate surface area is 147 Å². The molecule has 1 atom stereocenters. The highest BCUT2D eigenvalue weighted by molar-refractivity contribution is 7.10. The van der Waals surface area contributed by atoms with E-state index < -0.39 is 12.0 Å². The molecular formula is C19H15N3O2S. The highest BCUT2D eigenvalue weighted by Crippen LogP contribution is 2.28. The average Bonchev–Trinajstić information content (AvgIpc) is 3.30. The van der Waals surface area contributed by atoms with Gasteiger partial charge in [-0.1, -0.05) is 30.3 Å². The number of rotatable bonds is 4. The molecular weight excluding hydrogens is 334 g/mol. The molecule has 0 saturated heterocycles. The van der Waals surface area contributed by atoms with Crippen LogP contribution in [-0.2, 0) is 0 Å². The van der Waals surface area contributed by atoms with E-state index >= 15 is 0 Å². The molecule has 5 nitrogen and oxygen atoms in total. The molecule has 2 aromatic carbocycles. The van der Waals surface area contributed by atoms with Crippen molar-refractivity contribution in [2.75, 3.05) is 0 Å². The average molecular weight is 349 g/mol. The third kappa shape index (κ3) is 2.93. The second-order valence-corrected chi connectivity index (χ2v) is 6.70. The standard InChI is InChI=1S/C19H15N3O2S/c20-18(24)13-7-8-14-15(10-13)22-19(21-14)12-5-3-11(4-6-12)17(23)16-2-1-9-25-16/h1-10,17,23H,(H2,20,24)(H,21,22). The maximum atomic E-state index is 11.3. The fourth-order valence-corrected chi connectivity index (χ4v) is 3.47. The van der Waals surface area contributed by atoms with Gasteiger partial charge in [0.05, 0.1) is 11.0 Å². The van der Waals surface area contributed by atoms with Crippen LogP contribution in [0.25, 0.3) is 22.4 Å². The van der Waals surface area contributed by atoms with Gasteiger partial charge in [-0.3, -0.25) is 4.79 Å². The highest BCUT2D eigenvalue weighted by atomic mass is 32.1.